The number of halogens is 2. The zero-order valence-corrected chi connectivity index (χ0v) is 13.8. The molecule has 3 nitrogen and oxygen atoms in total. The molecule has 0 aliphatic heterocycles. The van der Waals surface area contributed by atoms with Crippen molar-refractivity contribution in [2.24, 2.45) is 0 Å². The number of nitrogen functional groups attached to an aromatic ring is 1. The van der Waals surface area contributed by atoms with Gasteiger partial charge in [0.25, 0.3) is 0 Å². The molecule has 0 radical (unpaired) electrons. The molecule has 1 unspecified atom stereocenters. The van der Waals surface area contributed by atoms with Gasteiger partial charge in [-0.15, -0.1) is 0 Å². The molecular formula is C15H15Cl2NO2S. The van der Waals surface area contributed by atoms with E-state index in [0.29, 0.717) is 38.5 Å². The van der Waals surface area contributed by atoms with Gasteiger partial charge in [0.2, 0.25) is 0 Å². The maximum atomic E-state index is 12.6. The van der Waals surface area contributed by atoms with Crippen molar-refractivity contribution in [2.75, 3.05) is 12.3 Å². The van der Waals surface area contributed by atoms with Crippen molar-refractivity contribution in [1.82, 2.24) is 0 Å². The summed E-state index contributed by atoms with van der Waals surface area (Å²) in [6, 6.07) is 10.3. The summed E-state index contributed by atoms with van der Waals surface area (Å²) in [5, 5.41) is 0.991. The van der Waals surface area contributed by atoms with Crippen LogP contribution in [0.15, 0.2) is 41.3 Å². The Balaban J connectivity index is 2.30. The van der Waals surface area contributed by atoms with Crippen LogP contribution in [-0.4, -0.2) is 10.8 Å². The SMILES string of the molecule is CCOc1ccc(N)c(S(=O)Cc2c(Cl)cccc2Cl)c1. The van der Waals surface area contributed by atoms with Gasteiger partial charge < -0.3 is 10.5 Å². The van der Waals surface area contributed by atoms with Crippen LogP contribution in [0, 0.1) is 0 Å². The molecule has 2 N–H and O–H groups in total. The quantitative estimate of drug-likeness (QED) is 0.824. The summed E-state index contributed by atoms with van der Waals surface area (Å²) in [6.07, 6.45) is 0. The molecule has 0 spiro atoms. The Kier molecular flexibility index (Phi) is 5.51. The molecule has 0 saturated heterocycles. The predicted molar refractivity (Wildman–Crippen MR) is 88.6 cm³/mol. The Labute approximate surface area is 136 Å². The van der Waals surface area contributed by atoms with Gasteiger partial charge in [-0.05, 0) is 37.3 Å². The standard InChI is InChI=1S/C15H15Cl2NO2S/c1-2-20-10-6-7-14(18)15(8-10)21(19)9-11-12(16)4-3-5-13(11)17/h3-8H,2,9,18H2,1H3. The van der Waals surface area contributed by atoms with Gasteiger partial charge in [0.05, 0.1) is 28.1 Å². The first-order chi connectivity index (χ1) is 10.0. The van der Waals surface area contributed by atoms with Crippen LogP contribution < -0.4 is 10.5 Å². The van der Waals surface area contributed by atoms with Gasteiger partial charge in [-0.2, -0.15) is 0 Å². The summed E-state index contributed by atoms with van der Waals surface area (Å²) < 4.78 is 18.0. The third kappa shape index (κ3) is 3.90. The Hall–Kier alpha value is -1.23. The summed E-state index contributed by atoms with van der Waals surface area (Å²) in [4.78, 5) is 0.525. The van der Waals surface area contributed by atoms with Gasteiger partial charge in [-0.25, -0.2) is 0 Å². The van der Waals surface area contributed by atoms with Gasteiger partial charge in [0, 0.05) is 21.3 Å². The number of hydrogen-bond acceptors (Lipinski definition) is 3. The third-order valence-electron chi connectivity index (χ3n) is 2.88. The Morgan fingerprint density at radius 1 is 1.19 bits per heavy atom. The fourth-order valence-electron chi connectivity index (χ4n) is 1.85. The van der Waals surface area contributed by atoms with E-state index in [9.17, 15) is 4.21 Å². The second-order valence-electron chi connectivity index (χ2n) is 4.32. The van der Waals surface area contributed by atoms with Crippen LogP contribution in [0.3, 0.4) is 0 Å². The van der Waals surface area contributed by atoms with Crippen molar-refractivity contribution in [2.45, 2.75) is 17.6 Å². The van der Waals surface area contributed by atoms with Crippen molar-refractivity contribution in [3.05, 3.63) is 52.0 Å². The minimum atomic E-state index is -1.35. The topological polar surface area (TPSA) is 52.3 Å². The zero-order chi connectivity index (χ0) is 15.4. The number of rotatable bonds is 5. The van der Waals surface area contributed by atoms with Crippen molar-refractivity contribution in [3.63, 3.8) is 0 Å². The van der Waals surface area contributed by atoms with E-state index in [1.807, 2.05) is 6.92 Å². The molecule has 0 aliphatic rings. The van der Waals surface area contributed by atoms with Crippen LogP contribution in [0.25, 0.3) is 0 Å². The average Bonchev–Trinajstić information content (AvgIpc) is 2.45. The van der Waals surface area contributed by atoms with Crippen LogP contribution >= 0.6 is 23.2 Å². The smallest absolute Gasteiger partial charge is 0.120 e. The molecule has 6 heteroatoms. The lowest BCUT2D eigenvalue weighted by Crippen LogP contribution is -2.03. The maximum absolute atomic E-state index is 12.6. The summed E-state index contributed by atoms with van der Waals surface area (Å²) in [6.45, 7) is 2.42. The highest BCUT2D eigenvalue weighted by Gasteiger charge is 2.14. The van der Waals surface area contributed by atoms with E-state index in [2.05, 4.69) is 0 Å². The molecule has 21 heavy (non-hydrogen) atoms. The molecule has 0 heterocycles. The molecule has 2 aromatic rings. The maximum Gasteiger partial charge on any atom is 0.120 e. The molecular weight excluding hydrogens is 329 g/mol. The minimum absolute atomic E-state index is 0.207. The fourth-order valence-corrected chi connectivity index (χ4v) is 3.84. The summed E-state index contributed by atoms with van der Waals surface area (Å²) in [5.41, 5.74) is 7.01. The molecule has 1 atom stereocenters. The van der Waals surface area contributed by atoms with Gasteiger partial charge in [0.1, 0.15) is 5.75 Å². The zero-order valence-electron chi connectivity index (χ0n) is 11.4. The first kappa shape index (κ1) is 16.1. The van der Waals surface area contributed by atoms with Gasteiger partial charge in [0.15, 0.2) is 0 Å². The highest BCUT2D eigenvalue weighted by Crippen LogP contribution is 2.29. The molecule has 0 aliphatic carbocycles. The lowest BCUT2D eigenvalue weighted by Gasteiger charge is -2.11. The molecule has 0 saturated carbocycles. The fraction of sp³-hybridized carbons (Fsp3) is 0.200. The number of anilines is 1. The van der Waals surface area contributed by atoms with E-state index >= 15 is 0 Å². The van der Waals surface area contributed by atoms with Gasteiger partial charge in [-0.3, -0.25) is 4.21 Å². The highest BCUT2D eigenvalue weighted by atomic mass is 35.5. The predicted octanol–water partition coefficient (Wildman–Crippen LogP) is 4.28. The minimum Gasteiger partial charge on any atom is -0.494 e. The monoisotopic (exact) mass is 343 g/mol. The van der Waals surface area contributed by atoms with E-state index in [-0.39, 0.29) is 5.75 Å². The molecule has 112 valence electrons. The Morgan fingerprint density at radius 3 is 2.48 bits per heavy atom. The molecule has 0 bridgehead atoms. The van der Waals surface area contributed by atoms with Crippen molar-refractivity contribution in [3.8, 4) is 5.75 Å². The first-order valence-corrected chi connectivity index (χ1v) is 8.44. The second kappa shape index (κ2) is 7.16. The number of benzene rings is 2. The van der Waals surface area contributed by atoms with Crippen molar-refractivity contribution in [1.29, 1.82) is 0 Å². The Morgan fingerprint density at radius 2 is 1.86 bits per heavy atom. The van der Waals surface area contributed by atoms with Crippen molar-refractivity contribution >= 4 is 39.7 Å². The van der Waals surface area contributed by atoms with E-state index < -0.39 is 10.8 Å². The summed E-state index contributed by atoms with van der Waals surface area (Å²) in [5.74, 6) is 0.846. The largest absolute Gasteiger partial charge is 0.494 e. The van der Waals surface area contributed by atoms with E-state index in [1.54, 1.807) is 36.4 Å². The van der Waals surface area contributed by atoms with E-state index in [1.165, 1.54) is 0 Å². The molecule has 0 amide bonds. The van der Waals surface area contributed by atoms with Gasteiger partial charge >= 0.3 is 0 Å². The van der Waals surface area contributed by atoms with Crippen LogP contribution in [0.1, 0.15) is 12.5 Å². The van der Waals surface area contributed by atoms with E-state index in [4.69, 9.17) is 33.7 Å². The number of ether oxygens (including phenoxy) is 1. The number of nitrogens with two attached hydrogens (primary N) is 1. The molecule has 0 aromatic heterocycles. The second-order valence-corrected chi connectivity index (χ2v) is 6.56. The molecule has 2 rings (SSSR count). The lowest BCUT2D eigenvalue weighted by molar-refractivity contribution is 0.339. The summed E-state index contributed by atoms with van der Waals surface area (Å²) in [7, 11) is -1.35. The van der Waals surface area contributed by atoms with Crippen molar-refractivity contribution < 1.29 is 8.95 Å². The average molecular weight is 344 g/mol. The Bertz CT molecular complexity index is 656. The molecule has 0 fully saturated rings. The summed E-state index contributed by atoms with van der Waals surface area (Å²) >= 11 is 12.2. The van der Waals surface area contributed by atoms with E-state index in [0.717, 1.165) is 0 Å². The highest BCUT2D eigenvalue weighted by molar-refractivity contribution is 7.84. The van der Waals surface area contributed by atoms with Crippen LogP contribution in [0.2, 0.25) is 10.0 Å². The van der Waals surface area contributed by atoms with Crippen LogP contribution in [-0.2, 0) is 16.6 Å². The molecule has 2 aromatic carbocycles. The van der Waals surface area contributed by atoms with Crippen LogP contribution in [0.4, 0.5) is 5.69 Å². The normalized spacial score (nSPS) is 12.1. The lowest BCUT2D eigenvalue weighted by atomic mass is 10.2. The van der Waals surface area contributed by atoms with Crippen LogP contribution in [0.5, 0.6) is 5.75 Å². The third-order valence-corrected chi connectivity index (χ3v) is 4.98. The first-order valence-electron chi connectivity index (χ1n) is 6.36. The van der Waals surface area contributed by atoms with Gasteiger partial charge in [-0.1, -0.05) is 29.3 Å². The number of hydrogen-bond donors (Lipinski definition) is 1.